The van der Waals surface area contributed by atoms with Crippen molar-refractivity contribution < 1.29 is 8.42 Å². The molecule has 0 aliphatic heterocycles. The summed E-state index contributed by atoms with van der Waals surface area (Å²) < 4.78 is 22.8. The molecule has 2 aliphatic carbocycles. The summed E-state index contributed by atoms with van der Waals surface area (Å²) in [7, 11) is -1.83. The van der Waals surface area contributed by atoms with Crippen LogP contribution in [0.25, 0.3) is 11.1 Å². The van der Waals surface area contributed by atoms with Gasteiger partial charge in [-0.15, -0.1) is 12.4 Å². The second-order valence-electron chi connectivity index (χ2n) is 2.74. The Hall–Kier alpha value is -0.660. The van der Waals surface area contributed by atoms with Gasteiger partial charge in [-0.2, -0.15) is 0 Å². The van der Waals surface area contributed by atoms with E-state index in [0.29, 0.717) is 0 Å². The highest BCUT2D eigenvalue weighted by molar-refractivity contribution is 7.89. The number of halogens is 1. The number of nitrogens with one attached hydrogen (secondary N) is 2. The first kappa shape index (κ1) is 14.3. The molecule has 0 aromatic carbocycles. The molecule has 0 fully saturated rings. The number of hydrogen-bond acceptors (Lipinski definition) is 4. The Labute approximate surface area is 95.5 Å². The zero-order valence-corrected chi connectivity index (χ0v) is 9.86. The summed E-state index contributed by atoms with van der Waals surface area (Å²) in [6, 6.07) is 8.48. The fourth-order valence-corrected chi connectivity index (χ4v) is 1.21. The molecule has 0 saturated heterocycles. The van der Waals surface area contributed by atoms with E-state index in [0.717, 1.165) is 0 Å². The Balaban J connectivity index is 0.000000249. The molecule has 0 heterocycles. The van der Waals surface area contributed by atoms with Crippen molar-refractivity contribution in [3.8, 4) is 11.1 Å². The summed E-state index contributed by atoms with van der Waals surface area (Å²) in [5.74, 6) is 4.47. The van der Waals surface area contributed by atoms with E-state index in [9.17, 15) is 8.42 Å². The first-order valence-corrected chi connectivity index (χ1v) is 5.69. The number of fused-ring (bicyclic) bond motifs is 1. The molecule has 0 saturated carbocycles. The fourth-order valence-electron chi connectivity index (χ4n) is 0.845. The molecule has 0 spiro atoms. The van der Waals surface area contributed by atoms with Crippen LogP contribution in [-0.2, 0) is 10.0 Å². The van der Waals surface area contributed by atoms with Gasteiger partial charge in [-0.25, -0.2) is 18.6 Å². The molecule has 2 aliphatic rings. The maximum Gasteiger partial charge on any atom is 0.225 e. The van der Waals surface area contributed by atoms with Crippen LogP contribution in [0, 0.1) is 0 Å². The van der Waals surface area contributed by atoms with Gasteiger partial charge in [-0.1, -0.05) is 24.3 Å². The lowest BCUT2D eigenvalue weighted by molar-refractivity contribution is 0.581. The number of hydrazine groups is 1. The molecule has 7 heteroatoms. The van der Waals surface area contributed by atoms with Crippen molar-refractivity contribution in [3.63, 3.8) is 0 Å². The molecule has 0 aromatic heterocycles. The van der Waals surface area contributed by atoms with Crippen molar-refractivity contribution in [1.29, 1.82) is 0 Å². The van der Waals surface area contributed by atoms with Crippen LogP contribution in [0.2, 0.25) is 0 Å². The number of rotatable bonds is 3. The van der Waals surface area contributed by atoms with Crippen molar-refractivity contribution in [2.75, 3.05) is 12.9 Å². The fraction of sp³-hybridized carbons (Fsp3) is 0.250. The highest BCUT2D eigenvalue weighted by atomic mass is 35.5. The minimum Gasteiger partial charge on any atom is -0.270 e. The average Bonchev–Trinajstić information content (AvgIpc) is 2.12. The highest BCUT2D eigenvalue weighted by Crippen LogP contribution is 2.29. The molecule has 15 heavy (non-hydrogen) atoms. The van der Waals surface area contributed by atoms with Gasteiger partial charge in [0, 0.05) is 0 Å². The van der Waals surface area contributed by atoms with Crippen LogP contribution < -0.4 is 16.0 Å². The van der Waals surface area contributed by atoms with Crippen molar-refractivity contribution in [1.82, 2.24) is 10.1 Å². The van der Waals surface area contributed by atoms with Crippen LogP contribution in [0.5, 0.6) is 0 Å². The Kier molecular flexibility index (Phi) is 5.77. The lowest BCUT2D eigenvalue weighted by Gasteiger charge is -2.10. The lowest BCUT2D eigenvalue weighted by atomic mass is 9.95. The molecule has 2 rings (SSSR count). The SMILES string of the molecule is CNS(=O)(=O)CNN.Cl.c1cc2ccc1-2. The van der Waals surface area contributed by atoms with Crippen LogP contribution in [0.4, 0.5) is 0 Å². The normalized spacial score (nSPS) is 10.8. The Bertz CT molecular complexity index is 370. The van der Waals surface area contributed by atoms with Crippen molar-refractivity contribution in [3.05, 3.63) is 24.3 Å². The van der Waals surface area contributed by atoms with Crippen molar-refractivity contribution in [2.24, 2.45) is 5.84 Å². The van der Waals surface area contributed by atoms with Crippen LogP contribution in [-0.4, -0.2) is 21.3 Å². The zero-order chi connectivity index (χ0) is 10.6. The van der Waals surface area contributed by atoms with E-state index in [2.05, 4.69) is 29.0 Å². The van der Waals surface area contributed by atoms with E-state index < -0.39 is 10.0 Å². The van der Waals surface area contributed by atoms with E-state index in [4.69, 9.17) is 5.84 Å². The minimum atomic E-state index is -3.16. The minimum absolute atomic E-state index is 0. The van der Waals surface area contributed by atoms with Gasteiger partial charge in [0.05, 0.1) is 0 Å². The summed E-state index contributed by atoms with van der Waals surface area (Å²) >= 11 is 0. The number of hydrogen-bond donors (Lipinski definition) is 3. The monoisotopic (exact) mass is 251 g/mol. The van der Waals surface area contributed by atoms with Crippen LogP contribution in [0.15, 0.2) is 24.3 Å². The Morgan fingerprint density at radius 2 is 1.60 bits per heavy atom. The van der Waals surface area contributed by atoms with Crippen LogP contribution in [0.3, 0.4) is 0 Å². The number of nitrogens with two attached hydrogens (primary N) is 1. The van der Waals surface area contributed by atoms with Gasteiger partial charge < -0.3 is 0 Å². The molecule has 4 N–H and O–H groups in total. The van der Waals surface area contributed by atoms with E-state index in [-0.39, 0.29) is 18.3 Å². The zero-order valence-electron chi connectivity index (χ0n) is 8.23. The smallest absolute Gasteiger partial charge is 0.225 e. The molecule has 0 atom stereocenters. The number of sulfonamides is 1. The van der Waals surface area contributed by atoms with Crippen LogP contribution in [0.1, 0.15) is 0 Å². The predicted octanol–water partition coefficient (Wildman–Crippen LogP) is 0.0452. The quantitative estimate of drug-likeness (QED) is 0.532. The first-order chi connectivity index (χ1) is 6.59. The second-order valence-corrected chi connectivity index (χ2v) is 4.67. The molecule has 86 valence electrons. The third-order valence-electron chi connectivity index (χ3n) is 1.80. The molecular formula is C8H14ClN3O2S. The van der Waals surface area contributed by atoms with E-state index >= 15 is 0 Å². The molecule has 5 nitrogen and oxygen atoms in total. The van der Waals surface area contributed by atoms with Crippen molar-refractivity contribution >= 4 is 22.4 Å². The van der Waals surface area contributed by atoms with E-state index in [1.54, 1.807) is 0 Å². The van der Waals surface area contributed by atoms with E-state index in [1.807, 2.05) is 5.43 Å². The highest BCUT2D eigenvalue weighted by Gasteiger charge is 2.04. The topological polar surface area (TPSA) is 84.2 Å². The molecule has 0 bridgehead atoms. The third-order valence-corrected chi connectivity index (χ3v) is 2.97. The van der Waals surface area contributed by atoms with Gasteiger partial charge in [-0.05, 0) is 18.2 Å². The largest absolute Gasteiger partial charge is 0.270 e. The molecule has 0 unspecified atom stereocenters. The third kappa shape index (κ3) is 4.15. The predicted molar refractivity (Wildman–Crippen MR) is 62.9 cm³/mol. The molecule has 0 amide bonds. The maximum atomic E-state index is 10.3. The summed E-state index contributed by atoms with van der Waals surface area (Å²) in [6.07, 6.45) is 0. The van der Waals surface area contributed by atoms with Gasteiger partial charge in [0.15, 0.2) is 0 Å². The van der Waals surface area contributed by atoms with Gasteiger partial charge >= 0.3 is 0 Å². The summed E-state index contributed by atoms with van der Waals surface area (Å²) in [5.41, 5.74) is 4.86. The van der Waals surface area contributed by atoms with Gasteiger partial charge in [0.2, 0.25) is 10.0 Å². The Morgan fingerprint density at radius 1 is 1.20 bits per heavy atom. The molecular weight excluding hydrogens is 238 g/mol. The number of benzene rings is 1. The van der Waals surface area contributed by atoms with Gasteiger partial charge in [-0.3, -0.25) is 5.84 Å². The van der Waals surface area contributed by atoms with Gasteiger partial charge in [0.1, 0.15) is 5.88 Å². The van der Waals surface area contributed by atoms with E-state index in [1.165, 1.54) is 18.2 Å². The summed E-state index contributed by atoms with van der Waals surface area (Å²) in [5, 5.41) is 0. The Morgan fingerprint density at radius 3 is 1.67 bits per heavy atom. The maximum absolute atomic E-state index is 10.3. The summed E-state index contributed by atoms with van der Waals surface area (Å²) in [6.45, 7) is 0. The van der Waals surface area contributed by atoms with Crippen molar-refractivity contribution in [2.45, 2.75) is 0 Å². The van der Waals surface area contributed by atoms with Crippen LogP contribution >= 0.6 is 12.4 Å². The van der Waals surface area contributed by atoms with Gasteiger partial charge in [0.25, 0.3) is 0 Å². The second kappa shape index (κ2) is 6.04. The summed E-state index contributed by atoms with van der Waals surface area (Å²) in [4.78, 5) is 0. The first-order valence-electron chi connectivity index (χ1n) is 4.04. The molecule has 0 radical (unpaired) electrons. The lowest BCUT2D eigenvalue weighted by Crippen LogP contribution is -2.34. The molecule has 0 aromatic rings. The average molecular weight is 252 g/mol. The standard InChI is InChI=1S/C6H4.C2H9N3O2S.ClH/c1-2-6-4-3-5(1)6;1-4-8(6,7)2-5-3;/h1-4H;4-5H,2-3H2,1H3;1H.